The fraction of sp³-hybridized carbons (Fsp3) is 0.800. The summed E-state index contributed by atoms with van der Waals surface area (Å²) >= 11 is 0. The molecule has 0 aliphatic carbocycles. The molecule has 0 radical (unpaired) electrons. The van der Waals surface area contributed by atoms with Gasteiger partial charge in [0.05, 0.1) is 5.69 Å². The quantitative estimate of drug-likeness (QED) is 0.783. The zero-order valence-corrected chi connectivity index (χ0v) is 14.2. The van der Waals surface area contributed by atoms with Crippen LogP contribution >= 0.6 is 0 Å². The minimum absolute atomic E-state index is 0.634. The van der Waals surface area contributed by atoms with E-state index in [1.54, 1.807) is 0 Å². The van der Waals surface area contributed by atoms with Gasteiger partial charge in [0.15, 0.2) is 0 Å². The molecular formula is C15H31N5. The molecule has 1 rings (SSSR count). The van der Waals surface area contributed by atoms with Gasteiger partial charge in [0.1, 0.15) is 5.82 Å². The van der Waals surface area contributed by atoms with E-state index in [0.717, 1.165) is 31.9 Å². The highest BCUT2D eigenvalue weighted by molar-refractivity contribution is 5.50. The first-order valence-corrected chi connectivity index (χ1v) is 7.43. The molecule has 1 aromatic rings. The molecule has 1 heterocycles. The third-order valence-electron chi connectivity index (χ3n) is 3.37. The lowest BCUT2D eigenvalue weighted by molar-refractivity contribution is 0.407. The maximum Gasteiger partial charge on any atom is 0.131 e. The molecule has 0 unspecified atom stereocenters. The van der Waals surface area contributed by atoms with Gasteiger partial charge in [0, 0.05) is 38.8 Å². The third-order valence-corrected chi connectivity index (χ3v) is 3.37. The van der Waals surface area contributed by atoms with E-state index in [2.05, 4.69) is 55.1 Å². The molecule has 0 aliphatic heterocycles. The SMILES string of the molecule is CNCc1c(C)nn(C)c1N(CCN(C)C)CC(C)C. The van der Waals surface area contributed by atoms with Crippen LogP contribution in [0.2, 0.25) is 0 Å². The van der Waals surface area contributed by atoms with E-state index >= 15 is 0 Å². The second-order valence-corrected chi connectivity index (χ2v) is 6.18. The molecule has 1 N–H and O–H groups in total. The zero-order valence-electron chi connectivity index (χ0n) is 14.2. The Morgan fingerprint density at radius 2 is 1.90 bits per heavy atom. The van der Waals surface area contributed by atoms with Crippen molar-refractivity contribution in [2.24, 2.45) is 13.0 Å². The van der Waals surface area contributed by atoms with E-state index in [0.29, 0.717) is 5.92 Å². The van der Waals surface area contributed by atoms with E-state index in [1.807, 2.05) is 18.8 Å². The first-order chi connectivity index (χ1) is 9.36. The second-order valence-electron chi connectivity index (χ2n) is 6.18. The van der Waals surface area contributed by atoms with Crippen LogP contribution in [0.1, 0.15) is 25.1 Å². The van der Waals surface area contributed by atoms with Crippen LogP contribution in [-0.2, 0) is 13.6 Å². The molecule has 0 saturated heterocycles. The molecule has 0 atom stereocenters. The number of nitrogens with zero attached hydrogens (tertiary/aromatic N) is 4. The van der Waals surface area contributed by atoms with Gasteiger partial charge in [0.25, 0.3) is 0 Å². The molecule has 5 nitrogen and oxygen atoms in total. The van der Waals surface area contributed by atoms with Crippen LogP contribution in [0.15, 0.2) is 0 Å². The highest BCUT2D eigenvalue weighted by Gasteiger charge is 2.19. The molecule has 0 saturated carbocycles. The highest BCUT2D eigenvalue weighted by atomic mass is 15.4. The number of aryl methyl sites for hydroxylation is 2. The van der Waals surface area contributed by atoms with Crippen LogP contribution in [0.25, 0.3) is 0 Å². The minimum atomic E-state index is 0.634. The van der Waals surface area contributed by atoms with Crippen molar-refractivity contribution in [1.82, 2.24) is 20.0 Å². The maximum atomic E-state index is 4.61. The Balaban J connectivity index is 3.04. The molecule has 0 aromatic carbocycles. The Hall–Kier alpha value is -1.07. The van der Waals surface area contributed by atoms with Crippen molar-refractivity contribution in [1.29, 1.82) is 0 Å². The molecule has 0 amide bonds. The number of hydrogen-bond donors (Lipinski definition) is 1. The van der Waals surface area contributed by atoms with Gasteiger partial charge in [-0.05, 0) is 34.0 Å². The number of aromatic nitrogens is 2. The molecule has 20 heavy (non-hydrogen) atoms. The normalized spacial score (nSPS) is 11.7. The average molecular weight is 281 g/mol. The summed E-state index contributed by atoms with van der Waals surface area (Å²) in [5, 5.41) is 7.87. The van der Waals surface area contributed by atoms with Gasteiger partial charge in [-0.25, -0.2) is 0 Å². The Morgan fingerprint density at radius 1 is 1.25 bits per heavy atom. The van der Waals surface area contributed by atoms with Gasteiger partial charge >= 0.3 is 0 Å². The number of hydrogen-bond acceptors (Lipinski definition) is 4. The van der Waals surface area contributed by atoms with Gasteiger partial charge in [-0.15, -0.1) is 0 Å². The average Bonchev–Trinajstić information content (AvgIpc) is 2.60. The van der Waals surface area contributed by atoms with Crippen LogP contribution in [0.5, 0.6) is 0 Å². The summed E-state index contributed by atoms with van der Waals surface area (Å²) in [5.41, 5.74) is 2.44. The summed E-state index contributed by atoms with van der Waals surface area (Å²) < 4.78 is 2.03. The van der Waals surface area contributed by atoms with Crippen LogP contribution in [0.4, 0.5) is 5.82 Å². The predicted octanol–water partition coefficient (Wildman–Crippen LogP) is 1.47. The van der Waals surface area contributed by atoms with Crippen LogP contribution in [0, 0.1) is 12.8 Å². The van der Waals surface area contributed by atoms with E-state index < -0.39 is 0 Å². The van der Waals surface area contributed by atoms with Crippen LogP contribution in [-0.4, -0.2) is 55.5 Å². The van der Waals surface area contributed by atoms with Crippen molar-refractivity contribution < 1.29 is 0 Å². The van der Waals surface area contributed by atoms with E-state index in [4.69, 9.17) is 0 Å². The standard InChI is InChI=1S/C15H31N5/c1-12(2)11-20(9-8-18(5)6)15-14(10-16-4)13(3)17-19(15)7/h12,16H,8-11H2,1-7H3. The van der Waals surface area contributed by atoms with E-state index in [9.17, 15) is 0 Å². The van der Waals surface area contributed by atoms with Crippen molar-refractivity contribution >= 4 is 5.82 Å². The lowest BCUT2D eigenvalue weighted by Crippen LogP contribution is -2.36. The van der Waals surface area contributed by atoms with Crippen molar-refractivity contribution in [3.05, 3.63) is 11.3 Å². The summed E-state index contributed by atoms with van der Waals surface area (Å²) in [6.45, 7) is 10.6. The van der Waals surface area contributed by atoms with Gasteiger partial charge in [-0.2, -0.15) is 5.10 Å². The first kappa shape index (κ1) is 17.0. The van der Waals surface area contributed by atoms with Gasteiger partial charge in [-0.1, -0.05) is 13.8 Å². The number of rotatable bonds is 8. The van der Waals surface area contributed by atoms with Crippen molar-refractivity contribution in [3.63, 3.8) is 0 Å². The Kier molecular flexibility index (Phi) is 6.49. The summed E-state index contributed by atoms with van der Waals surface area (Å²) in [6.07, 6.45) is 0. The molecule has 0 aliphatic rings. The van der Waals surface area contributed by atoms with E-state index in [-0.39, 0.29) is 0 Å². The third kappa shape index (κ3) is 4.49. The molecule has 1 aromatic heterocycles. The molecule has 5 heteroatoms. The zero-order chi connectivity index (χ0) is 15.3. The number of anilines is 1. The predicted molar refractivity (Wildman–Crippen MR) is 86.3 cm³/mol. The Labute approximate surface area is 123 Å². The number of likely N-dealkylation sites (N-methyl/N-ethyl adjacent to an activating group) is 1. The smallest absolute Gasteiger partial charge is 0.131 e. The Bertz CT molecular complexity index is 409. The van der Waals surface area contributed by atoms with E-state index in [1.165, 1.54) is 11.4 Å². The summed E-state index contributed by atoms with van der Waals surface area (Å²) in [7, 11) is 8.28. The Morgan fingerprint density at radius 3 is 2.40 bits per heavy atom. The molecule has 0 spiro atoms. The highest BCUT2D eigenvalue weighted by Crippen LogP contribution is 2.24. The largest absolute Gasteiger partial charge is 0.355 e. The van der Waals surface area contributed by atoms with Gasteiger partial charge in [-0.3, -0.25) is 4.68 Å². The second kappa shape index (κ2) is 7.64. The van der Waals surface area contributed by atoms with Crippen molar-refractivity contribution in [2.75, 3.05) is 45.7 Å². The van der Waals surface area contributed by atoms with Crippen molar-refractivity contribution in [2.45, 2.75) is 27.3 Å². The maximum absolute atomic E-state index is 4.61. The lowest BCUT2D eigenvalue weighted by Gasteiger charge is -2.29. The van der Waals surface area contributed by atoms with Gasteiger partial charge in [0.2, 0.25) is 0 Å². The van der Waals surface area contributed by atoms with Crippen LogP contribution in [0.3, 0.4) is 0 Å². The number of nitrogens with one attached hydrogen (secondary N) is 1. The minimum Gasteiger partial charge on any atom is -0.355 e. The van der Waals surface area contributed by atoms with Gasteiger partial charge < -0.3 is 15.1 Å². The molecule has 0 fully saturated rings. The monoisotopic (exact) mass is 281 g/mol. The molecule has 0 bridgehead atoms. The first-order valence-electron chi connectivity index (χ1n) is 7.43. The fourth-order valence-electron chi connectivity index (χ4n) is 2.51. The summed E-state index contributed by atoms with van der Waals surface area (Å²) in [5.74, 6) is 1.89. The van der Waals surface area contributed by atoms with Crippen LogP contribution < -0.4 is 10.2 Å². The lowest BCUT2D eigenvalue weighted by atomic mass is 10.1. The molecular weight excluding hydrogens is 250 g/mol. The fourth-order valence-corrected chi connectivity index (χ4v) is 2.51. The van der Waals surface area contributed by atoms with Crippen molar-refractivity contribution in [3.8, 4) is 0 Å². The summed E-state index contributed by atoms with van der Waals surface area (Å²) in [6, 6.07) is 0. The molecule has 116 valence electrons. The summed E-state index contributed by atoms with van der Waals surface area (Å²) in [4.78, 5) is 4.70. The topological polar surface area (TPSA) is 36.3 Å².